The summed E-state index contributed by atoms with van der Waals surface area (Å²) in [5.74, 6) is 0.445. The molecule has 2 atom stereocenters. The summed E-state index contributed by atoms with van der Waals surface area (Å²) in [4.78, 5) is 0. The monoisotopic (exact) mass is 279 g/mol. The van der Waals surface area contributed by atoms with Gasteiger partial charge in [0.25, 0.3) is 0 Å². The summed E-state index contributed by atoms with van der Waals surface area (Å²) in [6, 6.07) is 0.297. The van der Waals surface area contributed by atoms with E-state index in [0.717, 1.165) is 13.0 Å². The second kappa shape index (κ2) is 5.15. The molecule has 2 rings (SSSR count). The number of aromatic nitrogens is 2. The van der Waals surface area contributed by atoms with Crippen LogP contribution < -0.4 is 5.32 Å². The van der Waals surface area contributed by atoms with E-state index in [-0.39, 0.29) is 11.2 Å². The predicted octanol–water partition coefficient (Wildman–Crippen LogP) is 2.97. The van der Waals surface area contributed by atoms with Crippen molar-refractivity contribution in [1.29, 1.82) is 0 Å². The Balaban J connectivity index is 2.36. The summed E-state index contributed by atoms with van der Waals surface area (Å²) in [6.45, 7) is 14.0. The molecule has 4 heteroatoms. The van der Waals surface area contributed by atoms with E-state index in [0.29, 0.717) is 12.0 Å². The van der Waals surface area contributed by atoms with Crippen LogP contribution in [-0.4, -0.2) is 27.5 Å². The van der Waals surface area contributed by atoms with Crippen molar-refractivity contribution < 1.29 is 4.74 Å². The van der Waals surface area contributed by atoms with Gasteiger partial charge in [0.1, 0.15) is 0 Å². The molecule has 0 bridgehead atoms. The topological polar surface area (TPSA) is 39.1 Å². The third kappa shape index (κ3) is 2.77. The maximum Gasteiger partial charge on any atom is 0.0681 e. The molecule has 1 saturated heterocycles. The van der Waals surface area contributed by atoms with Gasteiger partial charge in [-0.3, -0.25) is 4.68 Å². The molecule has 2 unspecified atom stereocenters. The molecular weight excluding hydrogens is 250 g/mol. The molecule has 0 aromatic carbocycles. The largest absolute Gasteiger partial charge is 0.369 e. The standard InChI is InChI=1S/C16H29N3O/c1-8-17-14(12-10-18-19(7)11(12)2)13-9-15(3,4)20-16(13,5)6/h10,13-14,17H,8-9H2,1-7H3. The highest BCUT2D eigenvalue weighted by Gasteiger charge is 2.49. The van der Waals surface area contributed by atoms with Crippen LogP contribution in [0.5, 0.6) is 0 Å². The summed E-state index contributed by atoms with van der Waals surface area (Å²) in [5, 5.41) is 8.07. The van der Waals surface area contributed by atoms with Crippen molar-refractivity contribution in [3.05, 3.63) is 17.5 Å². The van der Waals surface area contributed by atoms with Gasteiger partial charge in [-0.05, 0) is 47.6 Å². The minimum absolute atomic E-state index is 0.0576. The quantitative estimate of drug-likeness (QED) is 0.921. The SMILES string of the molecule is CCNC(c1cnn(C)c1C)C1CC(C)(C)OC1(C)C. The maximum atomic E-state index is 6.28. The van der Waals surface area contributed by atoms with Gasteiger partial charge in [-0.25, -0.2) is 0 Å². The first-order chi connectivity index (χ1) is 9.18. The normalized spacial score (nSPS) is 25.9. The fourth-order valence-electron chi connectivity index (χ4n) is 3.63. The highest BCUT2D eigenvalue weighted by Crippen LogP contribution is 2.47. The highest BCUT2D eigenvalue weighted by atomic mass is 16.5. The van der Waals surface area contributed by atoms with Crippen LogP contribution in [0.15, 0.2) is 6.20 Å². The number of hydrogen-bond acceptors (Lipinski definition) is 3. The zero-order valence-electron chi connectivity index (χ0n) is 13.9. The van der Waals surface area contributed by atoms with E-state index in [1.165, 1.54) is 11.3 Å². The molecule has 1 aromatic heterocycles. The van der Waals surface area contributed by atoms with Crippen molar-refractivity contribution in [3.8, 4) is 0 Å². The van der Waals surface area contributed by atoms with Gasteiger partial charge in [0, 0.05) is 30.3 Å². The molecule has 114 valence electrons. The zero-order chi connectivity index (χ0) is 15.1. The molecule has 0 saturated carbocycles. The van der Waals surface area contributed by atoms with Gasteiger partial charge in [0.2, 0.25) is 0 Å². The summed E-state index contributed by atoms with van der Waals surface area (Å²) in [5.41, 5.74) is 2.35. The average molecular weight is 279 g/mol. The van der Waals surface area contributed by atoms with E-state index < -0.39 is 0 Å². The summed E-state index contributed by atoms with van der Waals surface area (Å²) in [6.07, 6.45) is 3.07. The Bertz CT molecular complexity index is 476. The van der Waals surface area contributed by atoms with Gasteiger partial charge in [-0.15, -0.1) is 0 Å². The summed E-state index contributed by atoms with van der Waals surface area (Å²) in [7, 11) is 2.00. The van der Waals surface area contributed by atoms with Crippen molar-refractivity contribution in [2.45, 2.75) is 65.2 Å². The Morgan fingerprint density at radius 1 is 1.45 bits per heavy atom. The van der Waals surface area contributed by atoms with Crippen LogP contribution in [0.2, 0.25) is 0 Å². The molecule has 0 aliphatic carbocycles. The number of aryl methyl sites for hydroxylation is 1. The minimum Gasteiger partial charge on any atom is -0.369 e. The van der Waals surface area contributed by atoms with Gasteiger partial charge in [0.15, 0.2) is 0 Å². The first-order valence-electron chi connectivity index (χ1n) is 7.60. The summed E-state index contributed by atoms with van der Waals surface area (Å²) < 4.78 is 8.23. The van der Waals surface area contributed by atoms with Crippen molar-refractivity contribution in [3.63, 3.8) is 0 Å². The maximum absolute atomic E-state index is 6.28. The lowest BCUT2D eigenvalue weighted by Crippen LogP contribution is -2.38. The third-order valence-corrected chi connectivity index (χ3v) is 4.58. The number of ether oxygens (including phenoxy) is 1. The van der Waals surface area contributed by atoms with Crippen LogP contribution in [0.4, 0.5) is 0 Å². The smallest absolute Gasteiger partial charge is 0.0681 e. The van der Waals surface area contributed by atoms with Crippen LogP contribution in [-0.2, 0) is 11.8 Å². The number of hydrogen-bond donors (Lipinski definition) is 1. The lowest BCUT2D eigenvalue weighted by molar-refractivity contribution is -0.0778. The average Bonchev–Trinajstić information content (AvgIpc) is 2.74. The highest BCUT2D eigenvalue weighted by molar-refractivity contribution is 5.23. The Hall–Kier alpha value is -0.870. The molecule has 2 heterocycles. The first-order valence-corrected chi connectivity index (χ1v) is 7.60. The molecule has 1 aliphatic rings. The van der Waals surface area contributed by atoms with Gasteiger partial charge < -0.3 is 10.1 Å². The summed E-state index contributed by atoms with van der Waals surface area (Å²) >= 11 is 0. The molecule has 0 radical (unpaired) electrons. The van der Waals surface area contributed by atoms with Gasteiger partial charge in [-0.2, -0.15) is 5.10 Å². The lowest BCUT2D eigenvalue weighted by Gasteiger charge is -2.33. The number of nitrogens with one attached hydrogen (secondary N) is 1. The first kappa shape index (κ1) is 15.5. The molecule has 1 aromatic rings. The van der Waals surface area contributed by atoms with Crippen LogP contribution in [0, 0.1) is 12.8 Å². The fourth-order valence-corrected chi connectivity index (χ4v) is 3.63. The Morgan fingerprint density at radius 2 is 2.10 bits per heavy atom. The van der Waals surface area contributed by atoms with Crippen molar-refractivity contribution >= 4 is 0 Å². The van der Waals surface area contributed by atoms with Gasteiger partial charge in [-0.1, -0.05) is 6.92 Å². The Labute approximate surface area is 122 Å². The van der Waals surface area contributed by atoms with Gasteiger partial charge in [0.05, 0.1) is 17.4 Å². The molecular formula is C16H29N3O. The molecule has 1 aliphatic heterocycles. The van der Waals surface area contributed by atoms with E-state index in [1.54, 1.807) is 0 Å². The second-order valence-corrected chi connectivity index (χ2v) is 7.12. The molecule has 0 amide bonds. The second-order valence-electron chi connectivity index (χ2n) is 7.12. The number of rotatable bonds is 4. The van der Waals surface area contributed by atoms with Crippen molar-refractivity contribution in [2.24, 2.45) is 13.0 Å². The van der Waals surface area contributed by atoms with E-state index in [9.17, 15) is 0 Å². The van der Waals surface area contributed by atoms with E-state index in [4.69, 9.17) is 4.74 Å². The van der Waals surface area contributed by atoms with Crippen molar-refractivity contribution in [2.75, 3.05) is 6.54 Å². The van der Waals surface area contributed by atoms with E-state index in [2.05, 4.69) is 52.0 Å². The molecule has 1 fully saturated rings. The van der Waals surface area contributed by atoms with Gasteiger partial charge >= 0.3 is 0 Å². The molecule has 4 nitrogen and oxygen atoms in total. The zero-order valence-corrected chi connectivity index (χ0v) is 13.9. The molecule has 0 spiro atoms. The lowest BCUT2D eigenvalue weighted by atomic mass is 9.79. The van der Waals surface area contributed by atoms with Crippen molar-refractivity contribution in [1.82, 2.24) is 15.1 Å². The predicted molar refractivity (Wildman–Crippen MR) is 81.7 cm³/mol. The van der Waals surface area contributed by atoms with E-state index in [1.807, 2.05) is 17.9 Å². The molecule has 1 N–H and O–H groups in total. The Morgan fingerprint density at radius 3 is 2.50 bits per heavy atom. The van der Waals surface area contributed by atoms with Crippen LogP contribution in [0.3, 0.4) is 0 Å². The molecule has 20 heavy (non-hydrogen) atoms. The minimum atomic E-state index is -0.126. The third-order valence-electron chi connectivity index (χ3n) is 4.58. The fraction of sp³-hybridized carbons (Fsp3) is 0.812. The Kier molecular flexibility index (Phi) is 4.00. The van der Waals surface area contributed by atoms with E-state index >= 15 is 0 Å². The van der Waals surface area contributed by atoms with Crippen LogP contribution >= 0.6 is 0 Å². The van der Waals surface area contributed by atoms with Crippen LogP contribution in [0.1, 0.15) is 58.3 Å². The number of nitrogens with zero attached hydrogens (tertiary/aromatic N) is 2. The van der Waals surface area contributed by atoms with Crippen LogP contribution in [0.25, 0.3) is 0 Å².